The zero-order valence-corrected chi connectivity index (χ0v) is 8.51. The normalized spacial score (nSPS) is 10.5. The van der Waals surface area contributed by atoms with Gasteiger partial charge in [-0.2, -0.15) is 0 Å². The van der Waals surface area contributed by atoms with E-state index < -0.39 is 0 Å². The van der Waals surface area contributed by atoms with Gasteiger partial charge < -0.3 is 9.97 Å². The molecule has 3 heterocycles. The van der Waals surface area contributed by atoms with Crippen molar-refractivity contribution in [3.05, 3.63) is 48.8 Å². The summed E-state index contributed by atoms with van der Waals surface area (Å²) in [5.41, 5.74) is 3.65. The van der Waals surface area contributed by atoms with E-state index in [1.807, 2.05) is 48.8 Å². The van der Waals surface area contributed by atoms with Crippen molar-refractivity contribution in [3.8, 4) is 22.8 Å². The highest BCUT2D eigenvalue weighted by atomic mass is 15.1. The molecule has 0 aliphatic heterocycles. The van der Waals surface area contributed by atoms with Crippen LogP contribution in [0.5, 0.6) is 0 Å². The molecule has 0 spiro atoms. The highest BCUT2D eigenvalue weighted by Crippen LogP contribution is 2.17. The van der Waals surface area contributed by atoms with Crippen molar-refractivity contribution in [2.75, 3.05) is 0 Å². The number of nitrogens with zero attached hydrogens (tertiary/aromatic N) is 2. The summed E-state index contributed by atoms with van der Waals surface area (Å²) in [5.74, 6) is 0. The second-order valence-corrected chi connectivity index (χ2v) is 3.47. The Morgan fingerprint density at radius 2 is 1.19 bits per heavy atom. The van der Waals surface area contributed by atoms with Crippen molar-refractivity contribution in [1.29, 1.82) is 0 Å². The summed E-state index contributed by atoms with van der Waals surface area (Å²) in [4.78, 5) is 6.19. The average Bonchev–Trinajstić information content (AvgIpc) is 3.03. The van der Waals surface area contributed by atoms with Crippen LogP contribution in [0.25, 0.3) is 22.8 Å². The predicted octanol–water partition coefficient (Wildman–Crippen LogP) is 2.47. The molecule has 0 aromatic carbocycles. The van der Waals surface area contributed by atoms with E-state index in [2.05, 4.69) is 20.2 Å². The summed E-state index contributed by atoms with van der Waals surface area (Å²) < 4.78 is 0. The standard InChI is InChI=1S/C12H10N4/c1-3-9(13-7-1)11-5-6-12(16-15-11)10-4-2-8-14-10/h1-8,13-14H. The molecule has 2 N–H and O–H groups in total. The maximum absolute atomic E-state index is 4.18. The monoisotopic (exact) mass is 210 g/mol. The topological polar surface area (TPSA) is 57.4 Å². The van der Waals surface area contributed by atoms with Gasteiger partial charge in [-0.25, -0.2) is 0 Å². The van der Waals surface area contributed by atoms with Gasteiger partial charge in [0, 0.05) is 12.4 Å². The molecular weight excluding hydrogens is 200 g/mol. The Balaban J connectivity index is 1.97. The molecule has 0 fully saturated rings. The largest absolute Gasteiger partial charge is 0.360 e. The molecule has 0 bridgehead atoms. The Labute approximate surface area is 92.4 Å². The fraction of sp³-hybridized carbons (Fsp3) is 0. The number of aromatic nitrogens is 4. The molecule has 0 amide bonds. The summed E-state index contributed by atoms with van der Waals surface area (Å²) in [5, 5.41) is 8.35. The molecule has 16 heavy (non-hydrogen) atoms. The molecular formula is C12H10N4. The summed E-state index contributed by atoms with van der Waals surface area (Å²) in [6.45, 7) is 0. The lowest BCUT2D eigenvalue weighted by Gasteiger charge is -1.98. The number of hydrogen-bond donors (Lipinski definition) is 2. The summed E-state index contributed by atoms with van der Waals surface area (Å²) >= 11 is 0. The Hall–Kier alpha value is -2.36. The second kappa shape index (κ2) is 3.66. The molecule has 0 aliphatic rings. The molecule has 0 aliphatic carbocycles. The first-order valence-electron chi connectivity index (χ1n) is 5.05. The van der Waals surface area contributed by atoms with Crippen LogP contribution in [0.2, 0.25) is 0 Å². The molecule has 3 aromatic rings. The van der Waals surface area contributed by atoms with Gasteiger partial charge in [0.25, 0.3) is 0 Å². The lowest BCUT2D eigenvalue weighted by molar-refractivity contribution is 1.03. The highest BCUT2D eigenvalue weighted by Gasteiger charge is 2.03. The van der Waals surface area contributed by atoms with Gasteiger partial charge in [0.2, 0.25) is 0 Å². The third-order valence-electron chi connectivity index (χ3n) is 2.41. The molecule has 78 valence electrons. The molecule has 4 nitrogen and oxygen atoms in total. The minimum Gasteiger partial charge on any atom is -0.360 e. The number of aromatic amines is 2. The zero-order valence-electron chi connectivity index (χ0n) is 8.51. The van der Waals surface area contributed by atoms with Crippen molar-refractivity contribution in [2.24, 2.45) is 0 Å². The molecule has 0 saturated carbocycles. The van der Waals surface area contributed by atoms with Crippen LogP contribution >= 0.6 is 0 Å². The van der Waals surface area contributed by atoms with E-state index in [0.717, 1.165) is 22.8 Å². The predicted molar refractivity (Wildman–Crippen MR) is 61.6 cm³/mol. The van der Waals surface area contributed by atoms with Crippen LogP contribution in [0.4, 0.5) is 0 Å². The van der Waals surface area contributed by atoms with Gasteiger partial charge >= 0.3 is 0 Å². The average molecular weight is 210 g/mol. The summed E-state index contributed by atoms with van der Waals surface area (Å²) in [6, 6.07) is 11.7. The third-order valence-corrected chi connectivity index (χ3v) is 2.41. The van der Waals surface area contributed by atoms with Crippen molar-refractivity contribution < 1.29 is 0 Å². The molecule has 4 heteroatoms. The van der Waals surface area contributed by atoms with Crippen LogP contribution in [0.15, 0.2) is 48.8 Å². The maximum atomic E-state index is 4.18. The quantitative estimate of drug-likeness (QED) is 0.682. The second-order valence-electron chi connectivity index (χ2n) is 3.47. The Kier molecular flexibility index (Phi) is 2.04. The molecule has 0 atom stereocenters. The minimum atomic E-state index is 0.848. The van der Waals surface area contributed by atoms with Crippen LogP contribution in [0.1, 0.15) is 0 Å². The smallest absolute Gasteiger partial charge is 0.109 e. The lowest BCUT2D eigenvalue weighted by atomic mass is 10.2. The zero-order chi connectivity index (χ0) is 10.8. The van der Waals surface area contributed by atoms with Crippen LogP contribution in [-0.4, -0.2) is 20.2 Å². The SMILES string of the molecule is c1c[nH]c(-c2ccc(-c3ccc[nH]3)nn2)c1. The van der Waals surface area contributed by atoms with E-state index in [1.165, 1.54) is 0 Å². The van der Waals surface area contributed by atoms with E-state index in [-0.39, 0.29) is 0 Å². The summed E-state index contributed by atoms with van der Waals surface area (Å²) in [6.07, 6.45) is 3.74. The number of rotatable bonds is 2. The first-order chi connectivity index (χ1) is 7.93. The van der Waals surface area contributed by atoms with Crippen molar-refractivity contribution in [3.63, 3.8) is 0 Å². The minimum absolute atomic E-state index is 0.848. The number of nitrogens with one attached hydrogen (secondary N) is 2. The van der Waals surface area contributed by atoms with Gasteiger partial charge in [0.15, 0.2) is 0 Å². The van der Waals surface area contributed by atoms with E-state index in [1.54, 1.807) is 0 Å². The Morgan fingerprint density at radius 1 is 0.688 bits per heavy atom. The van der Waals surface area contributed by atoms with Crippen molar-refractivity contribution >= 4 is 0 Å². The molecule has 3 rings (SSSR count). The van der Waals surface area contributed by atoms with E-state index in [4.69, 9.17) is 0 Å². The molecule has 0 saturated heterocycles. The first kappa shape index (κ1) is 8.91. The lowest BCUT2D eigenvalue weighted by Crippen LogP contribution is -1.90. The summed E-state index contributed by atoms with van der Waals surface area (Å²) in [7, 11) is 0. The van der Waals surface area contributed by atoms with E-state index in [9.17, 15) is 0 Å². The maximum Gasteiger partial charge on any atom is 0.109 e. The van der Waals surface area contributed by atoms with E-state index in [0.29, 0.717) is 0 Å². The highest BCUT2D eigenvalue weighted by molar-refractivity contribution is 5.58. The van der Waals surface area contributed by atoms with Crippen molar-refractivity contribution in [2.45, 2.75) is 0 Å². The van der Waals surface area contributed by atoms with Gasteiger partial charge in [-0.05, 0) is 36.4 Å². The third kappa shape index (κ3) is 1.50. The first-order valence-corrected chi connectivity index (χ1v) is 5.05. The van der Waals surface area contributed by atoms with E-state index >= 15 is 0 Å². The van der Waals surface area contributed by atoms with Gasteiger partial charge in [-0.1, -0.05) is 0 Å². The van der Waals surface area contributed by atoms with Gasteiger partial charge in [0.05, 0.1) is 11.4 Å². The molecule has 0 radical (unpaired) electrons. The fourth-order valence-electron chi connectivity index (χ4n) is 1.60. The van der Waals surface area contributed by atoms with Crippen molar-refractivity contribution in [1.82, 2.24) is 20.2 Å². The molecule has 3 aromatic heterocycles. The fourth-order valence-corrected chi connectivity index (χ4v) is 1.60. The van der Waals surface area contributed by atoms with Gasteiger partial charge in [-0.15, -0.1) is 10.2 Å². The Morgan fingerprint density at radius 3 is 1.50 bits per heavy atom. The van der Waals surface area contributed by atoms with Crippen LogP contribution in [-0.2, 0) is 0 Å². The number of hydrogen-bond acceptors (Lipinski definition) is 2. The van der Waals surface area contributed by atoms with Gasteiger partial charge in [-0.3, -0.25) is 0 Å². The number of H-pyrrole nitrogens is 2. The van der Waals surface area contributed by atoms with Crippen LogP contribution < -0.4 is 0 Å². The van der Waals surface area contributed by atoms with Crippen LogP contribution in [0, 0.1) is 0 Å². The van der Waals surface area contributed by atoms with Crippen LogP contribution in [0.3, 0.4) is 0 Å². The Bertz CT molecular complexity index is 496. The molecule has 0 unspecified atom stereocenters. The van der Waals surface area contributed by atoms with Gasteiger partial charge in [0.1, 0.15) is 11.4 Å².